The Morgan fingerprint density at radius 3 is 2.89 bits per heavy atom. The van der Waals surface area contributed by atoms with Crippen LogP contribution >= 0.6 is 11.6 Å². The Bertz CT molecular complexity index is 640. The van der Waals surface area contributed by atoms with Crippen molar-refractivity contribution in [3.63, 3.8) is 0 Å². The van der Waals surface area contributed by atoms with Crippen molar-refractivity contribution < 1.29 is 0 Å². The van der Waals surface area contributed by atoms with Gasteiger partial charge in [-0.1, -0.05) is 24.1 Å². The van der Waals surface area contributed by atoms with Crippen LogP contribution in [0.15, 0.2) is 23.0 Å². The molecule has 0 atom stereocenters. The Morgan fingerprint density at radius 1 is 1.44 bits per heavy atom. The molecule has 1 saturated carbocycles. The van der Waals surface area contributed by atoms with E-state index in [1.165, 1.54) is 6.42 Å². The summed E-state index contributed by atoms with van der Waals surface area (Å²) in [6, 6.07) is 5.56. The van der Waals surface area contributed by atoms with Gasteiger partial charge in [0.25, 0.3) is 0 Å². The number of aryl methyl sites for hydroxylation is 1. The summed E-state index contributed by atoms with van der Waals surface area (Å²) >= 11 is 6.02. The van der Waals surface area contributed by atoms with E-state index in [9.17, 15) is 4.79 Å². The van der Waals surface area contributed by atoms with Crippen LogP contribution in [0, 0.1) is 6.92 Å². The second kappa shape index (κ2) is 4.28. The number of hydrogen-bond acceptors (Lipinski definition) is 2. The summed E-state index contributed by atoms with van der Waals surface area (Å²) in [6.07, 6.45) is 3.41. The number of aromatic nitrogens is 3. The van der Waals surface area contributed by atoms with Crippen LogP contribution in [0.4, 0.5) is 0 Å². The lowest BCUT2D eigenvalue weighted by atomic mass is 9.85. The van der Waals surface area contributed by atoms with Gasteiger partial charge in [-0.05, 0) is 37.5 Å². The van der Waals surface area contributed by atoms with Crippen LogP contribution in [-0.4, -0.2) is 14.8 Å². The van der Waals surface area contributed by atoms with E-state index in [4.69, 9.17) is 11.6 Å². The molecule has 0 spiro atoms. The summed E-state index contributed by atoms with van der Waals surface area (Å²) in [7, 11) is 0. The number of hydrogen-bond donors (Lipinski definition) is 1. The molecule has 1 N–H and O–H groups in total. The maximum Gasteiger partial charge on any atom is 0.347 e. The predicted octanol–water partition coefficient (Wildman–Crippen LogP) is 2.79. The quantitative estimate of drug-likeness (QED) is 0.906. The summed E-state index contributed by atoms with van der Waals surface area (Å²) in [4.78, 5) is 12.0. The molecule has 0 aliphatic heterocycles. The minimum Gasteiger partial charge on any atom is -0.246 e. The molecule has 0 radical (unpaired) electrons. The molecule has 0 bridgehead atoms. The molecule has 1 aromatic heterocycles. The molecule has 1 fully saturated rings. The average molecular weight is 264 g/mol. The summed E-state index contributed by atoms with van der Waals surface area (Å²) in [5.41, 5.74) is 1.65. The Kier molecular flexibility index (Phi) is 2.74. The van der Waals surface area contributed by atoms with E-state index in [2.05, 4.69) is 10.2 Å². The molecule has 1 aliphatic carbocycles. The highest BCUT2D eigenvalue weighted by Gasteiger charge is 2.26. The number of benzene rings is 1. The smallest absolute Gasteiger partial charge is 0.246 e. The third-order valence-corrected chi connectivity index (χ3v) is 3.82. The lowest BCUT2D eigenvalue weighted by molar-refractivity contribution is 0.396. The molecule has 0 amide bonds. The van der Waals surface area contributed by atoms with Crippen molar-refractivity contribution in [2.45, 2.75) is 32.1 Å². The van der Waals surface area contributed by atoms with Gasteiger partial charge in [0.15, 0.2) is 0 Å². The number of rotatable bonds is 2. The predicted molar refractivity (Wildman–Crippen MR) is 70.5 cm³/mol. The zero-order valence-electron chi connectivity index (χ0n) is 10.1. The zero-order valence-corrected chi connectivity index (χ0v) is 10.9. The van der Waals surface area contributed by atoms with E-state index in [1.54, 1.807) is 4.57 Å². The first-order chi connectivity index (χ1) is 8.66. The Morgan fingerprint density at radius 2 is 2.22 bits per heavy atom. The van der Waals surface area contributed by atoms with E-state index in [0.717, 1.165) is 29.9 Å². The normalized spacial score (nSPS) is 15.7. The molecule has 0 saturated heterocycles. The van der Waals surface area contributed by atoms with Gasteiger partial charge < -0.3 is 0 Å². The summed E-state index contributed by atoms with van der Waals surface area (Å²) in [6.45, 7) is 1.97. The van der Waals surface area contributed by atoms with Gasteiger partial charge in [0.1, 0.15) is 5.82 Å². The van der Waals surface area contributed by atoms with Crippen LogP contribution in [0.5, 0.6) is 0 Å². The Balaban J connectivity index is 2.18. The third kappa shape index (κ3) is 1.77. The van der Waals surface area contributed by atoms with Gasteiger partial charge in [-0.25, -0.2) is 14.5 Å². The van der Waals surface area contributed by atoms with Crippen LogP contribution in [0.2, 0.25) is 5.02 Å². The fourth-order valence-electron chi connectivity index (χ4n) is 2.31. The highest BCUT2D eigenvalue weighted by molar-refractivity contribution is 6.30. The van der Waals surface area contributed by atoms with Crippen molar-refractivity contribution in [3.8, 4) is 5.69 Å². The molecule has 2 aromatic rings. The maximum atomic E-state index is 12.0. The number of nitrogens with one attached hydrogen (secondary N) is 1. The molecule has 1 heterocycles. The van der Waals surface area contributed by atoms with Gasteiger partial charge in [0.05, 0.1) is 5.69 Å². The molecule has 1 aromatic carbocycles. The van der Waals surface area contributed by atoms with Gasteiger partial charge in [-0.3, -0.25) is 0 Å². The lowest BCUT2D eigenvalue weighted by Gasteiger charge is -2.24. The zero-order chi connectivity index (χ0) is 12.7. The van der Waals surface area contributed by atoms with Gasteiger partial charge >= 0.3 is 5.69 Å². The average Bonchev–Trinajstić information content (AvgIpc) is 2.62. The fraction of sp³-hybridized carbons (Fsp3) is 0.385. The standard InChI is InChI=1S/C13H14ClN3O/c1-8-5-6-10(14)7-11(8)17-12(9-3-2-4-9)15-16-13(17)18/h5-7,9H,2-4H2,1H3,(H,16,18). The monoisotopic (exact) mass is 263 g/mol. The second-order valence-corrected chi connectivity index (χ2v) is 5.22. The van der Waals surface area contributed by atoms with E-state index < -0.39 is 0 Å². The van der Waals surface area contributed by atoms with Crippen molar-refractivity contribution in [3.05, 3.63) is 45.1 Å². The topological polar surface area (TPSA) is 50.7 Å². The minimum absolute atomic E-state index is 0.192. The fourth-order valence-corrected chi connectivity index (χ4v) is 2.47. The van der Waals surface area contributed by atoms with Crippen LogP contribution in [0.1, 0.15) is 36.6 Å². The van der Waals surface area contributed by atoms with Crippen molar-refractivity contribution in [2.75, 3.05) is 0 Å². The summed E-state index contributed by atoms with van der Waals surface area (Å²) in [5.74, 6) is 1.22. The van der Waals surface area contributed by atoms with Crippen molar-refractivity contribution in [2.24, 2.45) is 0 Å². The third-order valence-electron chi connectivity index (χ3n) is 3.58. The molecular formula is C13H14ClN3O. The molecule has 4 nitrogen and oxygen atoms in total. The van der Waals surface area contributed by atoms with Crippen molar-refractivity contribution in [1.29, 1.82) is 0 Å². The maximum absolute atomic E-state index is 12.0. The van der Waals surface area contributed by atoms with Crippen LogP contribution in [-0.2, 0) is 0 Å². The SMILES string of the molecule is Cc1ccc(Cl)cc1-n1c(C2CCC2)n[nH]c1=O. The first kappa shape index (κ1) is 11.5. The number of nitrogens with zero attached hydrogens (tertiary/aromatic N) is 2. The number of aromatic amines is 1. The molecule has 0 unspecified atom stereocenters. The minimum atomic E-state index is -0.192. The van der Waals surface area contributed by atoms with Crippen molar-refractivity contribution >= 4 is 11.6 Å². The highest BCUT2D eigenvalue weighted by Crippen LogP contribution is 2.35. The summed E-state index contributed by atoms with van der Waals surface area (Å²) in [5, 5.41) is 7.34. The van der Waals surface area contributed by atoms with E-state index in [-0.39, 0.29) is 5.69 Å². The molecule has 5 heteroatoms. The van der Waals surface area contributed by atoms with Gasteiger partial charge in [-0.2, -0.15) is 5.10 Å². The molecule has 1 aliphatic rings. The number of H-pyrrole nitrogens is 1. The highest BCUT2D eigenvalue weighted by atomic mass is 35.5. The Hall–Kier alpha value is -1.55. The van der Waals surface area contributed by atoms with Crippen molar-refractivity contribution in [1.82, 2.24) is 14.8 Å². The van der Waals surface area contributed by atoms with Crippen LogP contribution in [0.3, 0.4) is 0 Å². The molecule has 18 heavy (non-hydrogen) atoms. The van der Waals surface area contributed by atoms with Gasteiger partial charge in [0.2, 0.25) is 0 Å². The van der Waals surface area contributed by atoms with E-state index in [0.29, 0.717) is 10.9 Å². The molecule has 3 rings (SSSR count). The second-order valence-electron chi connectivity index (χ2n) is 4.78. The van der Waals surface area contributed by atoms with Crippen LogP contribution in [0.25, 0.3) is 5.69 Å². The number of halogens is 1. The van der Waals surface area contributed by atoms with Crippen LogP contribution < -0.4 is 5.69 Å². The van der Waals surface area contributed by atoms with Gasteiger partial charge in [-0.15, -0.1) is 0 Å². The first-order valence-corrected chi connectivity index (χ1v) is 6.48. The Labute approximate surface area is 110 Å². The largest absolute Gasteiger partial charge is 0.347 e. The van der Waals surface area contributed by atoms with Gasteiger partial charge in [0, 0.05) is 10.9 Å². The lowest BCUT2D eigenvalue weighted by Crippen LogP contribution is -2.21. The van der Waals surface area contributed by atoms with E-state index >= 15 is 0 Å². The molecule has 94 valence electrons. The van der Waals surface area contributed by atoms with E-state index in [1.807, 2.05) is 25.1 Å². The first-order valence-electron chi connectivity index (χ1n) is 6.10. The summed E-state index contributed by atoms with van der Waals surface area (Å²) < 4.78 is 1.66. The molecular weight excluding hydrogens is 250 g/mol.